The fraction of sp³-hybridized carbons (Fsp3) is 0.396. The van der Waals surface area contributed by atoms with Crippen LogP contribution in [0.2, 0.25) is 0 Å². The van der Waals surface area contributed by atoms with Crippen molar-refractivity contribution in [3.05, 3.63) is 173 Å². The van der Waals surface area contributed by atoms with E-state index in [1.54, 1.807) is 22.3 Å². The smallest absolute Gasteiger partial charge is 0.155 e. The van der Waals surface area contributed by atoms with Gasteiger partial charge in [0.05, 0.1) is 11.4 Å². The lowest BCUT2D eigenvalue weighted by molar-refractivity contribution is -0.0190. The van der Waals surface area contributed by atoms with Crippen molar-refractivity contribution in [1.82, 2.24) is 9.97 Å². The van der Waals surface area contributed by atoms with Gasteiger partial charge in [0.2, 0.25) is 0 Å². The molecule has 0 radical (unpaired) electrons. The molecule has 8 atom stereocenters. The van der Waals surface area contributed by atoms with Gasteiger partial charge >= 0.3 is 0 Å². The lowest BCUT2D eigenvalue weighted by atomic mass is 9.52. The molecular weight excluding hydrogens is 681 g/mol. The van der Waals surface area contributed by atoms with E-state index in [4.69, 9.17) is 14.7 Å². The molecule has 1 saturated carbocycles. The number of hydrogen-bond acceptors (Lipinski definition) is 3. The highest BCUT2D eigenvalue weighted by Gasteiger charge is 2.65. The number of rotatable bonds is 5. The lowest BCUT2D eigenvalue weighted by Crippen LogP contribution is -2.51. The van der Waals surface area contributed by atoms with Gasteiger partial charge in [0.1, 0.15) is 11.9 Å². The molecule has 3 heteroatoms. The number of aromatic nitrogens is 2. The topological polar surface area (TPSA) is 35.0 Å². The standard InChI is InChI=1S/C53H54N2O/c1-4-16-36(17-5-1)49-50(37-18-6-2-7-19-37)54-52(39-20-8-3-9-21-39)55-51(49)38-30-28-35(29-31-38)40-32-33-42-41-22-10-11-23-43(41)53(46(42)34-40)44-24-12-14-26-47(44)56-48-27-15-13-25-45(48)53/h1-6,8,10,12,14-17,20,22,24,26-28,32-33,37-38,41,43-44,46-47H,7,9,11,13,18-19,21,23,25,29-31,34H2. The van der Waals surface area contributed by atoms with Crippen molar-refractivity contribution >= 4 is 5.57 Å². The Kier molecular flexibility index (Phi) is 8.82. The molecule has 0 N–H and O–H groups in total. The van der Waals surface area contributed by atoms with Gasteiger partial charge in [-0.1, -0.05) is 121 Å². The maximum atomic E-state index is 6.84. The molecule has 0 amide bonds. The molecule has 11 rings (SSSR count). The lowest BCUT2D eigenvalue weighted by Gasteiger charge is -2.54. The molecule has 2 aromatic rings. The molecule has 1 fully saturated rings. The third kappa shape index (κ3) is 5.58. The zero-order valence-corrected chi connectivity index (χ0v) is 32.7. The monoisotopic (exact) mass is 734 g/mol. The summed E-state index contributed by atoms with van der Waals surface area (Å²) in [5.41, 5.74) is 13.0. The van der Waals surface area contributed by atoms with Crippen LogP contribution in [0.25, 0.3) is 16.7 Å². The number of nitrogens with zero attached hydrogens (tertiary/aromatic N) is 2. The van der Waals surface area contributed by atoms with Gasteiger partial charge in [0, 0.05) is 34.7 Å². The van der Waals surface area contributed by atoms with Crippen LogP contribution >= 0.6 is 0 Å². The molecule has 1 spiro atoms. The molecule has 1 aromatic carbocycles. The Balaban J connectivity index is 0.970. The van der Waals surface area contributed by atoms with Gasteiger partial charge in [0.15, 0.2) is 5.82 Å². The van der Waals surface area contributed by atoms with E-state index in [-0.39, 0.29) is 11.5 Å². The third-order valence-electron chi connectivity index (χ3n) is 15.0. The van der Waals surface area contributed by atoms with Crippen LogP contribution in [0.1, 0.15) is 113 Å². The molecule has 8 aliphatic carbocycles. The Labute approximate surface area is 333 Å². The van der Waals surface area contributed by atoms with Gasteiger partial charge in [-0.05, 0) is 135 Å². The van der Waals surface area contributed by atoms with E-state index < -0.39 is 0 Å². The van der Waals surface area contributed by atoms with Crippen LogP contribution in [-0.2, 0) is 4.74 Å². The number of benzene rings is 1. The van der Waals surface area contributed by atoms with Gasteiger partial charge in [-0.25, -0.2) is 9.97 Å². The Hall–Kier alpha value is -4.76. The summed E-state index contributed by atoms with van der Waals surface area (Å²) < 4.78 is 6.84. The van der Waals surface area contributed by atoms with Crippen LogP contribution in [0.4, 0.5) is 0 Å². The zero-order valence-electron chi connectivity index (χ0n) is 32.7. The Bertz CT molecular complexity index is 2270. The molecule has 56 heavy (non-hydrogen) atoms. The van der Waals surface area contributed by atoms with Crippen molar-refractivity contribution in [1.29, 1.82) is 0 Å². The normalized spacial score (nSPS) is 33.8. The molecule has 9 aliphatic rings. The molecule has 1 aromatic heterocycles. The predicted molar refractivity (Wildman–Crippen MR) is 228 cm³/mol. The van der Waals surface area contributed by atoms with Crippen LogP contribution in [0, 0.1) is 29.1 Å². The molecule has 1 aliphatic heterocycles. The number of allylic oxidation sites excluding steroid dienone is 19. The summed E-state index contributed by atoms with van der Waals surface area (Å²) in [6.45, 7) is 0. The van der Waals surface area contributed by atoms with E-state index in [1.807, 2.05) is 0 Å². The van der Waals surface area contributed by atoms with Crippen LogP contribution in [0.15, 0.2) is 156 Å². The van der Waals surface area contributed by atoms with Crippen molar-refractivity contribution in [2.75, 3.05) is 0 Å². The van der Waals surface area contributed by atoms with Gasteiger partial charge < -0.3 is 4.74 Å². The maximum absolute atomic E-state index is 6.84. The largest absolute Gasteiger partial charge is 0.486 e. The van der Waals surface area contributed by atoms with E-state index in [9.17, 15) is 0 Å². The Morgan fingerprint density at radius 2 is 1.52 bits per heavy atom. The Morgan fingerprint density at radius 1 is 0.661 bits per heavy atom. The van der Waals surface area contributed by atoms with Crippen LogP contribution < -0.4 is 0 Å². The van der Waals surface area contributed by atoms with Gasteiger partial charge in [-0.3, -0.25) is 0 Å². The first-order valence-electron chi connectivity index (χ1n) is 21.9. The summed E-state index contributed by atoms with van der Waals surface area (Å²) in [4.78, 5) is 11.1. The van der Waals surface area contributed by atoms with Gasteiger partial charge in [-0.2, -0.15) is 0 Å². The summed E-state index contributed by atoms with van der Waals surface area (Å²) in [5, 5.41) is 0. The van der Waals surface area contributed by atoms with E-state index in [1.165, 1.54) is 46.7 Å². The van der Waals surface area contributed by atoms with Crippen LogP contribution in [0.5, 0.6) is 0 Å². The molecule has 0 bridgehead atoms. The first-order valence-corrected chi connectivity index (χ1v) is 21.9. The molecule has 3 nitrogen and oxygen atoms in total. The summed E-state index contributed by atoms with van der Waals surface area (Å²) in [6.07, 6.45) is 53.0. The summed E-state index contributed by atoms with van der Waals surface area (Å²) in [6, 6.07) is 11.1. The second-order valence-corrected chi connectivity index (χ2v) is 17.7. The first kappa shape index (κ1) is 34.5. The molecule has 2 heterocycles. The average Bonchev–Trinajstić information content (AvgIpc) is 3.57. The Morgan fingerprint density at radius 3 is 2.34 bits per heavy atom. The second-order valence-electron chi connectivity index (χ2n) is 17.7. The molecule has 0 saturated heterocycles. The fourth-order valence-corrected chi connectivity index (χ4v) is 12.6. The van der Waals surface area contributed by atoms with E-state index in [0.717, 1.165) is 76.5 Å². The van der Waals surface area contributed by atoms with Gasteiger partial charge in [-0.15, -0.1) is 0 Å². The highest BCUT2D eigenvalue weighted by Crippen LogP contribution is 2.70. The third-order valence-corrected chi connectivity index (χ3v) is 15.0. The van der Waals surface area contributed by atoms with Crippen molar-refractivity contribution < 1.29 is 4.74 Å². The van der Waals surface area contributed by atoms with Crippen molar-refractivity contribution in [2.24, 2.45) is 29.1 Å². The number of hydrogen-bond donors (Lipinski definition) is 0. The average molecular weight is 735 g/mol. The first-order chi connectivity index (χ1) is 27.8. The second kappa shape index (κ2) is 14.3. The molecule has 282 valence electrons. The summed E-state index contributed by atoms with van der Waals surface area (Å²) in [5.74, 6) is 4.97. The molecular formula is C53H54N2O. The minimum Gasteiger partial charge on any atom is -0.486 e. The summed E-state index contributed by atoms with van der Waals surface area (Å²) >= 11 is 0. The summed E-state index contributed by atoms with van der Waals surface area (Å²) in [7, 11) is 0. The van der Waals surface area contributed by atoms with Crippen molar-refractivity contribution in [3.63, 3.8) is 0 Å². The minimum absolute atomic E-state index is 0.0957. The quantitative estimate of drug-likeness (QED) is 0.287. The highest BCUT2D eigenvalue weighted by atomic mass is 16.5. The van der Waals surface area contributed by atoms with E-state index in [0.29, 0.717) is 35.5 Å². The fourth-order valence-electron chi connectivity index (χ4n) is 12.6. The van der Waals surface area contributed by atoms with Crippen LogP contribution in [-0.4, -0.2) is 16.1 Å². The SMILES string of the molecule is C1=CCCC(c2nc(C3CC=CCC3)c(-c3ccccc3)c(C3CC=C(C4=CC=C5C6C=CCCC6C6(C7=C(C=CCC7)OC7C=CC=CC76)C5C4)CC3)n2)=C1. The zero-order chi connectivity index (χ0) is 37.1. The van der Waals surface area contributed by atoms with Crippen molar-refractivity contribution in [2.45, 2.75) is 101 Å². The number of fused-ring (bicyclic) bond motifs is 8. The van der Waals surface area contributed by atoms with Crippen molar-refractivity contribution in [3.8, 4) is 11.1 Å². The molecule has 8 unspecified atom stereocenters. The minimum atomic E-state index is 0.0957. The number of ether oxygens (including phenoxy) is 1. The van der Waals surface area contributed by atoms with Gasteiger partial charge in [0.25, 0.3) is 0 Å². The maximum Gasteiger partial charge on any atom is 0.155 e. The highest BCUT2D eigenvalue weighted by molar-refractivity contribution is 5.73. The van der Waals surface area contributed by atoms with Crippen LogP contribution in [0.3, 0.4) is 0 Å². The van der Waals surface area contributed by atoms with E-state index in [2.05, 4.69) is 128 Å². The van der Waals surface area contributed by atoms with E-state index >= 15 is 0 Å². The predicted octanol–water partition coefficient (Wildman–Crippen LogP) is 13.1.